The number of phenolic OH excluding ortho intramolecular Hbond substituents is 1. The number of aromatic hydroxyl groups is 1. The lowest BCUT2D eigenvalue weighted by Gasteiger charge is -2.27. The Balaban J connectivity index is 1.58. The molecule has 0 amide bonds. The molecule has 0 bridgehead atoms. The highest BCUT2D eigenvalue weighted by Gasteiger charge is 2.17. The SMILES string of the molecule is CCOc1cc(/C=N\Nc2nc(Nc3cc(C)ccc3C)nc(N3CCOCC3)n2)ccc1O. The molecule has 0 radical (unpaired) electrons. The second kappa shape index (κ2) is 10.8. The van der Waals surface area contributed by atoms with Crippen LogP contribution in [0.3, 0.4) is 0 Å². The van der Waals surface area contributed by atoms with Crippen LogP contribution in [0.25, 0.3) is 0 Å². The van der Waals surface area contributed by atoms with Crippen LogP contribution in [0.15, 0.2) is 41.5 Å². The smallest absolute Gasteiger partial charge is 0.250 e. The summed E-state index contributed by atoms with van der Waals surface area (Å²) in [5.74, 6) is 1.77. The number of phenols is 1. The van der Waals surface area contributed by atoms with E-state index in [0.717, 1.165) is 22.4 Å². The molecule has 178 valence electrons. The van der Waals surface area contributed by atoms with Gasteiger partial charge in [0.15, 0.2) is 11.5 Å². The van der Waals surface area contributed by atoms with E-state index in [1.165, 1.54) is 0 Å². The average Bonchev–Trinajstić information content (AvgIpc) is 2.84. The molecular formula is C24H29N7O3. The van der Waals surface area contributed by atoms with E-state index >= 15 is 0 Å². The summed E-state index contributed by atoms with van der Waals surface area (Å²) < 4.78 is 10.9. The highest BCUT2D eigenvalue weighted by Crippen LogP contribution is 2.26. The number of rotatable bonds is 8. The molecule has 1 fully saturated rings. The molecule has 34 heavy (non-hydrogen) atoms. The van der Waals surface area contributed by atoms with Crippen molar-refractivity contribution in [2.75, 3.05) is 48.6 Å². The first-order valence-corrected chi connectivity index (χ1v) is 11.2. The Morgan fingerprint density at radius 1 is 1.09 bits per heavy atom. The van der Waals surface area contributed by atoms with Crippen LogP contribution in [0, 0.1) is 13.8 Å². The fourth-order valence-corrected chi connectivity index (χ4v) is 3.41. The van der Waals surface area contributed by atoms with Crippen molar-refractivity contribution < 1.29 is 14.6 Å². The van der Waals surface area contributed by atoms with Gasteiger partial charge in [-0.3, -0.25) is 0 Å². The van der Waals surface area contributed by atoms with E-state index in [4.69, 9.17) is 9.47 Å². The predicted molar refractivity (Wildman–Crippen MR) is 133 cm³/mol. The zero-order valence-electron chi connectivity index (χ0n) is 19.6. The van der Waals surface area contributed by atoms with Crippen LogP contribution < -0.4 is 20.4 Å². The molecule has 0 unspecified atom stereocenters. The number of hydrazone groups is 1. The molecule has 0 saturated carbocycles. The van der Waals surface area contributed by atoms with Gasteiger partial charge >= 0.3 is 0 Å². The van der Waals surface area contributed by atoms with Gasteiger partial charge in [-0.25, -0.2) is 5.43 Å². The van der Waals surface area contributed by atoms with Gasteiger partial charge < -0.3 is 24.8 Å². The van der Waals surface area contributed by atoms with Gasteiger partial charge in [0, 0.05) is 18.8 Å². The summed E-state index contributed by atoms with van der Waals surface area (Å²) >= 11 is 0. The van der Waals surface area contributed by atoms with Gasteiger partial charge in [-0.15, -0.1) is 0 Å². The van der Waals surface area contributed by atoms with E-state index < -0.39 is 0 Å². The molecule has 10 nitrogen and oxygen atoms in total. The number of nitrogens with zero attached hydrogens (tertiary/aromatic N) is 5. The molecule has 0 atom stereocenters. The van der Waals surface area contributed by atoms with E-state index in [1.807, 2.05) is 20.8 Å². The molecule has 10 heteroatoms. The van der Waals surface area contributed by atoms with Gasteiger partial charge in [0.05, 0.1) is 26.0 Å². The van der Waals surface area contributed by atoms with Crippen molar-refractivity contribution in [3.05, 3.63) is 53.1 Å². The number of hydrogen-bond acceptors (Lipinski definition) is 10. The third-order valence-electron chi connectivity index (χ3n) is 5.22. The summed E-state index contributed by atoms with van der Waals surface area (Å²) in [4.78, 5) is 15.7. The van der Waals surface area contributed by atoms with Crippen molar-refractivity contribution in [2.45, 2.75) is 20.8 Å². The normalized spacial score (nSPS) is 13.8. The number of aryl methyl sites for hydroxylation is 2. The highest BCUT2D eigenvalue weighted by atomic mass is 16.5. The Bertz CT molecular complexity index is 1160. The molecule has 1 saturated heterocycles. The van der Waals surface area contributed by atoms with Crippen molar-refractivity contribution in [3.63, 3.8) is 0 Å². The van der Waals surface area contributed by atoms with Gasteiger partial charge in [-0.05, 0) is 61.7 Å². The van der Waals surface area contributed by atoms with Crippen LogP contribution in [0.1, 0.15) is 23.6 Å². The molecule has 0 spiro atoms. The molecule has 1 aromatic heterocycles. The Kier molecular flexibility index (Phi) is 7.38. The zero-order chi connectivity index (χ0) is 23.9. The van der Waals surface area contributed by atoms with Crippen molar-refractivity contribution in [3.8, 4) is 11.5 Å². The van der Waals surface area contributed by atoms with Crippen LogP contribution in [-0.4, -0.2) is 59.2 Å². The van der Waals surface area contributed by atoms with E-state index in [2.05, 4.69) is 53.9 Å². The first-order valence-electron chi connectivity index (χ1n) is 11.2. The molecule has 3 aromatic rings. The number of aromatic nitrogens is 3. The second-order valence-electron chi connectivity index (χ2n) is 7.86. The van der Waals surface area contributed by atoms with Gasteiger partial charge in [-0.2, -0.15) is 20.1 Å². The van der Waals surface area contributed by atoms with E-state index in [1.54, 1.807) is 24.4 Å². The fraction of sp³-hybridized carbons (Fsp3) is 0.333. The van der Waals surface area contributed by atoms with Crippen molar-refractivity contribution >= 4 is 29.7 Å². The lowest BCUT2D eigenvalue weighted by molar-refractivity contribution is 0.122. The van der Waals surface area contributed by atoms with Gasteiger partial charge in [0.25, 0.3) is 0 Å². The van der Waals surface area contributed by atoms with Crippen molar-refractivity contribution in [1.82, 2.24) is 15.0 Å². The summed E-state index contributed by atoms with van der Waals surface area (Å²) in [6, 6.07) is 11.2. The summed E-state index contributed by atoms with van der Waals surface area (Å²) in [5, 5.41) is 17.5. The van der Waals surface area contributed by atoms with Gasteiger partial charge in [0.1, 0.15) is 0 Å². The monoisotopic (exact) mass is 463 g/mol. The first-order chi connectivity index (χ1) is 16.5. The molecule has 2 heterocycles. The second-order valence-corrected chi connectivity index (χ2v) is 7.86. The molecule has 0 aliphatic carbocycles. The van der Waals surface area contributed by atoms with E-state index in [0.29, 0.717) is 56.5 Å². The number of anilines is 4. The first kappa shape index (κ1) is 23.2. The minimum atomic E-state index is 0.0849. The Labute approximate surface area is 198 Å². The summed E-state index contributed by atoms with van der Waals surface area (Å²) in [5.41, 5.74) is 6.81. The minimum absolute atomic E-state index is 0.0849. The number of ether oxygens (including phenoxy) is 2. The maximum atomic E-state index is 9.88. The summed E-state index contributed by atoms with van der Waals surface area (Å²) in [7, 11) is 0. The number of nitrogens with one attached hydrogen (secondary N) is 2. The van der Waals surface area contributed by atoms with Crippen LogP contribution >= 0.6 is 0 Å². The summed E-state index contributed by atoms with van der Waals surface area (Å²) in [6.07, 6.45) is 1.61. The van der Waals surface area contributed by atoms with E-state index in [-0.39, 0.29) is 5.75 Å². The third kappa shape index (κ3) is 5.90. The molecular weight excluding hydrogens is 434 g/mol. The quantitative estimate of drug-likeness (QED) is 0.340. The number of benzene rings is 2. The van der Waals surface area contributed by atoms with Crippen molar-refractivity contribution in [2.24, 2.45) is 5.10 Å². The average molecular weight is 464 g/mol. The molecule has 2 aromatic carbocycles. The third-order valence-corrected chi connectivity index (χ3v) is 5.22. The maximum absolute atomic E-state index is 9.88. The zero-order valence-corrected chi connectivity index (χ0v) is 19.6. The highest BCUT2D eigenvalue weighted by molar-refractivity contribution is 5.81. The largest absolute Gasteiger partial charge is 0.504 e. The van der Waals surface area contributed by atoms with Crippen LogP contribution in [-0.2, 0) is 4.74 Å². The van der Waals surface area contributed by atoms with Crippen LogP contribution in [0.5, 0.6) is 11.5 Å². The van der Waals surface area contributed by atoms with Crippen molar-refractivity contribution in [1.29, 1.82) is 0 Å². The Hall–Kier alpha value is -3.92. The van der Waals surface area contributed by atoms with Gasteiger partial charge in [0.2, 0.25) is 17.8 Å². The Morgan fingerprint density at radius 3 is 2.68 bits per heavy atom. The molecule has 3 N–H and O–H groups in total. The van der Waals surface area contributed by atoms with E-state index in [9.17, 15) is 5.11 Å². The topological polar surface area (TPSA) is 117 Å². The van der Waals surface area contributed by atoms with Crippen LogP contribution in [0.2, 0.25) is 0 Å². The van der Waals surface area contributed by atoms with Crippen LogP contribution in [0.4, 0.5) is 23.5 Å². The molecule has 4 rings (SSSR count). The molecule has 1 aliphatic heterocycles. The standard InChI is InChI=1S/C24H29N7O3/c1-4-34-21-14-18(7-8-20(21)32)15-25-30-23-27-22(26-19-13-16(2)5-6-17(19)3)28-24(29-23)31-9-11-33-12-10-31/h5-8,13-15,32H,4,9-12H2,1-3H3,(H2,26,27,28,29,30)/b25-15-. The predicted octanol–water partition coefficient (Wildman–Crippen LogP) is 3.62. The minimum Gasteiger partial charge on any atom is -0.504 e. The summed E-state index contributed by atoms with van der Waals surface area (Å²) in [6.45, 7) is 9.02. The maximum Gasteiger partial charge on any atom is 0.250 e. The Morgan fingerprint density at radius 2 is 1.88 bits per heavy atom. The van der Waals surface area contributed by atoms with Gasteiger partial charge in [-0.1, -0.05) is 12.1 Å². The number of morpholine rings is 1. The molecule has 1 aliphatic rings. The fourth-order valence-electron chi connectivity index (χ4n) is 3.41. The lowest BCUT2D eigenvalue weighted by atomic mass is 10.1. The lowest BCUT2D eigenvalue weighted by Crippen LogP contribution is -2.37. The number of hydrogen-bond donors (Lipinski definition) is 3.